The number of benzene rings is 1. The lowest BCUT2D eigenvalue weighted by atomic mass is 10.2. The topological polar surface area (TPSA) is 60.4 Å². The van der Waals surface area contributed by atoms with Gasteiger partial charge in [-0.05, 0) is 24.3 Å². The van der Waals surface area contributed by atoms with Crippen molar-refractivity contribution in [1.29, 1.82) is 0 Å². The Bertz CT molecular complexity index is 776. The maximum Gasteiger partial charge on any atom is 0.268 e. The molecule has 0 bridgehead atoms. The van der Waals surface area contributed by atoms with E-state index >= 15 is 0 Å². The first-order valence-corrected chi connectivity index (χ1v) is 6.11. The number of fused-ring (bicyclic) bond motifs is 1. The highest BCUT2D eigenvalue weighted by molar-refractivity contribution is 7.15. The molecule has 0 radical (unpaired) electrons. The molecule has 2 heterocycles. The maximum atomic E-state index is 13.9. The van der Waals surface area contributed by atoms with Gasteiger partial charge in [0, 0.05) is 11.8 Å². The fourth-order valence-corrected chi connectivity index (χ4v) is 2.66. The molecular formula is C12H7F2N3OS. The van der Waals surface area contributed by atoms with Crippen LogP contribution in [0.1, 0.15) is 10.5 Å². The number of amides is 1. The fraction of sp³-hybridized carbons (Fsp3) is 0. The maximum absolute atomic E-state index is 13.9. The first-order chi connectivity index (χ1) is 9.06. The third-order valence-electron chi connectivity index (χ3n) is 2.65. The highest BCUT2D eigenvalue weighted by Crippen LogP contribution is 2.30. The molecule has 19 heavy (non-hydrogen) atoms. The molecule has 1 amide bonds. The molecule has 0 atom stereocenters. The van der Waals surface area contributed by atoms with Gasteiger partial charge >= 0.3 is 0 Å². The number of hydrogen-bond donors (Lipinski definition) is 1. The van der Waals surface area contributed by atoms with Crippen LogP contribution in [-0.2, 0) is 0 Å². The van der Waals surface area contributed by atoms with Gasteiger partial charge in [-0.25, -0.2) is 9.37 Å². The molecule has 0 aliphatic heterocycles. The van der Waals surface area contributed by atoms with Crippen LogP contribution in [-0.4, -0.2) is 15.3 Å². The number of primary amides is 1. The van der Waals surface area contributed by atoms with Crippen LogP contribution in [0.4, 0.5) is 8.78 Å². The highest BCUT2D eigenvalue weighted by atomic mass is 32.1. The first kappa shape index (κ1) is 11.8. The summed E-state index contributed by atoms with van der Waals surface area (Å²) in [7, 11) is 0. The zero-order chi connectivity index (χ0) is 13.6. The van der Waals surface area contributed by atoms with E-state index in [2.05, 4.69) is 4.98 Å². The van der Waals surface area contributed by atoms with Crippen molar-refractivity contribution in [3.05, 3.63) is 47.1 Å². The lowest BCUT2D eigenvalue weighted by Crippen LogP contribution is -2.11. The molecule has 0 saturated heterocycles. The number of carbonyl (C=O) groups excluding carboxylic acids is 1. The predicted octanol–water partition coefficient (Wildman–Crippen LogP) is 2.44. The van der Waals surface area contributed by atoms with Gasteiger partial charge in [-0.3, -0.25) is 9.20 Å². The Hall–Kier alpha value is -2.28. The molecule has 7 heteroatoms. The number of carbonyl (C=O) groups is 1. The minimum absolute atomic E-state index is 0.0645. The standard InChI is InChI=1S/C12H7F2N3OS/c13-7-3-1-6(2-4-7)9-10(14)19-12-16-8(11(15)18)5-17(9)12/h1-5H,(H2,15,18). The van der Waals surface area contributed by atoms with Crippen LogP contribution in [0.5, 0.6) is 0 Å². The number of halogens is 2. The largest absolute Gasteiger partial charge is 0.364 e. The summed E-state index contributed by atoms with van der Waals surface area (Å²) in [4.78, 5) is 15.3. The van der Waals surface area contributed by atoms with Gasteiger partial charge in [0.05, 0.1) is 0 Å². The highest BCUT2D eigenvalue weighted by Gasteiger charge is 2.18. The van der Waals surface area contributed by atoms with Crippen molar-refractivity contribution >= 4 is 22.2 Å². The molecule has 2 N–H and O–H groups in total. The normalized spacial score (nSPS) is 11.1. The molecule has 0 aliphatic rings. The lowest BCUT2D eigenvalue weighted by Gasteiger charge is -1.99. The third kappa shape index (κ3) is 1.88. The van der Waals surface area contributed by atoms with Crippen molar-refractivity contribution < 1.29 is 13.6 Å². The molecule has 0 aliphatic carbocycles. The second kappa shape index (κ2) is 4.13. The van der Waals surface area contributed by atoms with Crippen LogP contribution in [0.25, 0.3) is 16.2 Å². The quantitative estimate of drug-likeness (QED) is 0.783. The number of nitrogens with two attached hydrogens (primary N) is 1. The Morgan fingerprint density at radius 2 is 1.95 bits per heavy atom. The number of nitrogens with zero attached hydrogens (tertiary/aromatic N) is 2. The molecular weight excluding hydrogens is 272 g/mol. The van der Waals surface area contributed by atoms with E-state index in [9.17, 15) is 13.6 Å². The predicted molar refractivity (Wildman–Crippen MR) is 66.9 cm³/mol. The molecule has 0 fully saturated rings. The Balaban J connectivity index is 2.24. The van der Waals surface area contributed by atoms with Crippen molar-refractivity contribution in [2.75, 3.05) is 0 Å². The van der Waals surface area contributed by atoms with E-state index in [4.69, 9.17) is 5.73 Å². The van der Waals surface area contributed by atoms with Gasteiger partial charge in [-0.2, -0.15) is 4.39 Å². The Labute approximate surface area is 110 Å². The summed E-state index contributed by atoms with van der Waals surface area (Å²) in [6, 6.07) is 5.40. The smallest absolute Gasteiger partial charge is 0.268 e. The Kier molecular flexibility index (Phi) is 2.56. The number of imidazole rings is 1. The summed E-state index contributed by atoms with van der Waals surface area (Å²) in [6.45, 7) is 0. The number of thiazole rings is 1. The van der Waals surface area contributed by atoms with E-state index in [1.54, 1.807) is 0 Å². The molecule has 0 spiro atoms. The van der Waals surface area contributed by atoms with E-state index in [0.717, 1.165) is 11.3 Å². The second-order valence-corrected chi connectivity index (χ2v) is 4.80. The molecule has 3 rings (SSSR count). The van der Waals surface area contributed by atoms with Gasteiger partial charge in [0.2, 0.25) is 5.13 Å². The molecule has 0 saturated carbocycles. The Morgan fingerprint density at radius 3 is 2.58 bits per heavy atom. The number of aromatic nitrogens is 2. The minimum atomic E-state index is -0.679. The fourth-order valence-electron chi connectivity index (χ4n) is 1.80. The number of rotatable bonds is 2. The molecule has 96 valence electrons. The summed E-state index contributed by atoms with van der Waals surface area (Å²) in [5.41, 5.74) is 5.93. The van der Waals surface area contributed by atoms with Gasteiger partial charge in [0.15, 0.2) is 4.96 Å². The van der Waals surface area contributed by atoms with Crippen LogP contribution in [0.2, 0.25) is 0 Å². The number of hydrogen-bond acceptors (Lipinski definition) is 3. The van der Waals surface area contributed by atoms with E-state index in [1.165, 1.54) is 34.9 Å². The summed E-state index contributed by atoms with van der Waals surface area (Å²) in [5.74, 6) is -1.08. The van der Waals surface area contributed by atoms with E-state index in [1.807, 2.05) is 0 Å². The van der Waals surface area contributed by atoms with Crippen LogP contribution >= 0.6 is 11.3 Å². The Morgan fingerprint density at radius 1 is 1.26 bits per heavy atom. The molecule has 0 unspecified atom stereocenters. The third-order valence-corrected chi connectivity index (χ3v) is 3.49. The average molecular weight is 279 g/mol. The van der Waals surface area contributed by atoms with E-state index in [-0.39, 0.29) is 11.4 Å². The van der Waals surface area contributed by atoms with Gasteiger partial charge in [0.1, 0.15) is 17.2 Å². The molecule has 1 aromatic carbocycles. The van der Waals surface area contributed by atoms with Gasteiger partial charge in [-0.1, -0.05) is 11.3 Å². The minimum Gasteiger partial charge on any atom is -0.364 e. The van der Waals surface area contributed by atoms with Gasteiger partial charge in [-0.15, -0.1) is 0 Å². The van der Waals surface area contributed by atoms with Crippen molar-refractivity contribution in [2.24, 2.45) is 5.73 Å². The molecule has 2 aromatic heterocycles. The summed E-state index contributed by atoms with van der Waals surface area (Å²) < 4.78 is 28.2. The zero-order valence-corrected chi connectivity index (χ0v) is 10.2. The second-order valence-electron chi connectivity index (χ2n) is 3.87. The zero-order valence-electron chi connectivity index (χ0n) is 9.43. The van der Waals surface area contributed by atoms with Crippen molar-refractivity contribution in [1.82, 2.24) is 9.38 Å². The van der Waals surface area contributed by atoms with Crippen LogP contribution in [0, 0.1) is 10.9 Å². The molecule has 3 aromatic rings. The van der Waals surface area contributed by atoms with Crippen molar-refractivity contribution in [3.63, 3.8) is 0 Å². The van der Waals surface area contributed by atoms with Crippen LogP contribution < -0.4 is 5.73 Å². The SMILES string of the molecule is NC(=O)c1cn2c(-c3ccc(F)cc3)c(F)sc2n1. The molecule has 4 nitrogen and oxygen atoms in total. The first-order valence-electron chi connectivity index (χ1n) is 5.29. The van der Waals surface area contributed by atoms with Gasteiger partial charge in [0.25, 0.3) is 5.91 Å². The van der Waals surface area contributed by atoms with Crippen molar-refractivity contribution in [2.45, 2.75) is 0 Å². The van der Waals surface area contributed by atoms with E-state index in [0.29, 0.717) is 10.5 Å². The summed E-state index contributed by atoms with van der Waals surface area (Å²) in [6.07, 6.45) is 1.37. The van der Waals surface area contributed by atoms with E-state index < -0.39 is 16.9 Å². The van der Waals surface area contributed by atoms with Crippen molar-refractivity contribution in [3.8, 4) is 11.3 Å². The van der Waals surface area contributed by atoms with Crippen LogP contribution in [0.15, 0.2) is 30.5 Å². The summed E-state index contributed by atoms with van der Waals surface area (Å²) >= 11 is 0.800. The van der Waals surface area contributed by atoms with Gasteiger partial charge < -0.3 is 5.73 Å². The lowest BCUT2D eigenvalue weighted by molar-refractivity contribution is 0.0996. The van der Waals surface area contributed by atoms with Crippen LogP contribution in [0.3, 0.4) is 0 Å². The monoisotopic (exact) mass is 279 g/mol. The average Bonchev–Trinajstić information content (AvgIpc) is 2.87. The summed E-state index contributed by atoms with van der Waals surface area (Å²) in [5, 5.41) is -0.454.